The Hall–Kier alpha value is -4.58. The summed E-state index contributed by atoms with van der Waals surface area (Å²) in [6.45, 7) is 2.08. The minimum atomic E-state index is -0.293. The number of carbonyl (C=O) groups is 1. The molecule has 3 aromatic carbocycles. The van der Waals surface area contributed by atoms with E-state index in [1.165, 1.54) is 34.7 Å². The molecule has 0 N–H and O–H groups in total. The Kier molecular flexibility index (Phi) is 7.31. The summed E-state index contributed by atoms with van der Waals surface area (Å²) in [7, 11) is 0. The maximum Gasteiger partial charge on any atom is 0.254 e. The minimum Gasteiger partial charge on any atom is -0.353 e. The Morgan fingerprint density at radius 1 is 0.913 bits per heavy atom. The van der Waals surface area contributed by atoms with Crippen LogP contribution in [0.1, 0.15) is 76.2 Å². The quantitative estimate of drug-likeness (QED) is 0.200. The van der Waals surface area contributed by atoms with Crippen LogP contribution in [0.2, 0.25) is 0 Å². The van der Waals surface area contributed by atoms with Crippen LogP contribution in [0.5, 0.6) is 0 Å². The standard InChI is InChI=1S/C40H37F2N3O/c41-31-11-4-8-28(22-31)26-45-38-16-2-1-12-36(38)37-23-40(37,45)30-17-19-44(20-18-30)39(46)35-15-6-13-33-29(10-5-14-34(33)35)9-3-7-27-21-32(42)25-43-24-27/h1-2,4-6,8,11-16,21-25,29-30H,3,7,9-10,17-20,26H2. The molecular weight excluding hydrogens is 576 g/mol. The highest BCUT2D eigenvalue weighted by Crippen LogP contribution is 2.63. The monoisotopic (exact) mass is 613 g/mol. The number of carbonyl (C=O) groups excluding carboxylic acids is 1. The molecule has 0 saturated carbocycles. The number of hydrogen-bond acceptors (Lipinski definition) is 3. The molecule has 1 aromatic heterocycles. The number of allylic oxidation sites excluding steroid dienone is 1. The molecular formula is C40H37F2N3O. The van der Waals surface area contributed by atoms with Crippen LogP contribution in [-0.4, -0.2) is 34.4 Å². The van der Waals surface area contributed by atoms with E-state index in [9.17, 15) is 13.6 Å². The van der Waals surface area contributed by atoms with E-state index in [1.807, 2.05) is 23.1 Å². The zero-order valence-corrected chi connectivity index (χ0v) is 25.8. The van der Waals surface area contributed by atoms with Crippen LogP contribution in [0.15, 0.2) is 97.3 Å². The van der Waals surface area contributed by atoms with E-state index in [2.05, 4.69) is 58.4 Å². The van der Waals surface area contributed by atoms with E-state index in [4.69, 9.17) is 0 Å². The lowest BCUT2D eigenvalue weighted by Gasteiger charge is -2.42. The van der Waals surface area contributed by atoms with Gasteiger partial charge in [0.25, 0.3) is 5.91 Å². The molecule has 1 amide bonds. The van der Waals surface area contributed by atoms with Gasteiger partial charge in [0.05, 0.1) is 11.7 Å². The molecule has 6 heteroatoms. The van der Waals surface area contributed by atoms with Crippen LogP contribution < -0.4 is 4.90 Å². The van der Waals surface area contributed by atoms with Gasteiger partial charge in [-0.15, -0.1) is 0 Å². The number of rotatable bonds is 8. The summed E-state index contributed by atoms with van der Waals surface area (Å²) in [5.74, 6) is 0.333. The first-order valence-corrected chi connectivity index (χ1v) is 16.5. The number of nitrogens with zero attached hydrogens (tertiary/aromatic N) is 3. The summed E-state index contributed by atoms with van der Waals surface area (Å²) < 4.78 is 27.7. The van der Waals surface area contributed by atoms with Gasteiger partial charge in [0.1, 0.15) is 11.6 Å². The Morgan fingerprint density at radius 3 is 2.59 bits per heavy atom. The summed E-state index contributed by atoms with van der Waals surface area (Å²) >= 11 is 0. The van der Waals surface area contributed by atoms with Gasteiger partial charge in [0.2, 0.25) is 0 Å². The molecule has 2 aliphatic carbocycles. The molecule has 0 bridgehead atoms. The number of aromatic nitrogens is 1. The zero-order chi connectivity index (χ0) is 31.3. The van der Waals surface area contributed by atoms with Crippen LogP contribution in [0.4, 0.5) is 14.5 Å². The number of halogens is 2. The van der Waals surface area contributed by atoms with Gasteiger partial charge < -0.3 is 9.80 Å². The fraction of sp³-hybridized carbons (Fsp3) is 0.300. The average molecular weight is 614 g/mol. The van der Waals surface area contributed by atoms with Gasteiger partial charge >= 0.3 is 0 Å². The third-order valence-corrected chi connectivity index (χ3v) is 10.6. The van der Waals surface area contributed by atoms with Crippen molar-refractivity contribution in [1.29, 1.82) is 0 Å². The van der Waals surface area contributed by atoms with Crippen LogP contribution in [0, 0.1) is 17.6 Å². The van der Waals surface area contributed by atoms with Crippen LogP contribution in [0.3, 0.4) is 0 Å². The summed E-state index contributed by atoms with van der Waals surface area (Å²) in [5.41, 5.74) is 8.68. The molecule has 232 valence electrons. The van der Waals surface area contributed by atoms with Gasteiger partial charge in [-0.05, 0) is 115 Å². The first-order valence-electron chi connectivity index (χ1n) is 16.5. The van der Waals surface area contributed by atoms with Crippen molar-refractivity contribution in [3.05, 3.63) is 142 Å². The molecule has 2 aliphatic heterocycles. The van der Waals surface area contributed by atoms with E-state index in [1.54, 1.807) is 24.4 Å². The van der Waals surface area contributed by atoms with Crippen LogP contribution in [-0.2, 0) is 13.0 Å². The van der Waals surface area contributed by atoms with Gasteiger partial charge in [-0.25, -0.2) is 8.78 Å². The predicted molar refractivity (Wildman–Crippen MR) is 178 cm³/mol. The molecule has 8 rings (SSSR count). The van der Waals surface area contributed by atoms with Gasteiger partial charge in [0, 0.05) is 42.6 Å². The minimum absolute atomic E-state index is 0.110. The van der Waals surface area contributed by atoms with E-state index in [0.29, 0.717) is 18.4 Å². The number of likely N-dealkylation sites (tertiary alicyclic amines) is 1. The van der Waals surface area contributed by atoms with Gasteiger partial charge in [0.15, 0.2) is 0 Å². The lowest BCUT2D eigenvalue weighted by atomic mass is 9.81. The molecule has 46 heavy (non-hydrogen) atoms. The molecule has 1 fully saturated rings. The van der Waals surface area contributed by atoms with E-state index < -0.39 is 0 Å². The number of pyridine rings is 1. The number of benzene rings is 3. The van der Waals surface area contributed by atoms with Crippen molar-refractivity contribution in [1.82, 2.24) is 9.88 Å². The topological polar surface area (TPSA) is 36.4 Å². The van der Waals surface area contributed by atoms with Crippen molar-refractivity contribution in [3.8, 4) is 0 Å². The SMILES string of the molecule is O=C(c1cccc2c1C=CCC2CCCc1cncc(F)c1)N1CCC(C23C=C2c2ccccc2N3Cc2cccc(F)c2)CC1. The molecule has 2 atom stereocenters. The Morgan fingerprint density at radius 2 is 1.74 bits per heavy atom. The maximum absolute atomic E-state index is 14.1. The molecule has 1 saturated heterocycles. The second-order valence-electron chi connectivity index (χ2n) is 13.2. The highest BCUT2D eigenvalue weighted by molar-refractivity contribution is 6.04. The first kappa shape index (κ1) is 28.9. The zero-order valence-electron chi connectivity index (χ0n) is 25.8. The maximum atomic E-state index is 14.1. The summed E-state index contributed by atoms with van der Waals surface area (Å²) in [5, 5.41) is 0. The molecule has 4 nitrogen and oxygen atoms in total. The van der Waals surface area contributed by atoms with Crippen molar-refractivity contribution in [2.75, 3.05) is 18.0 Å². The van der Waals surface area contributed by atoms with Crippen molar-refractivity contribution < 1.29 is 13.6 Å². The molecule has 4 aromatic rings. The highest BCUT2D eigenvalue weighted by atomic mass is 19.1. The number of fused-ring (bicyclic) bond motifs is 4. The van der Waals surface area contributed by atoms with E-state index in [-0.39, 0.29) is 23.1 Å². The van der Waals surface area contributed by atoms with Gasteiger partial charge in [-0.2, -0.15) is 0 Å². The fourth-order valence-electron chi connectivity index (χ4n) is 8.33. The Bertz CT molecular complexity index is 1870. The molecule has 0 spiro atoms. The second kappa shape index (κ2) is 11.7. The highest BCUT2D eigenvalue weighted by Gasteiger charge is 2.60. The van der Waals surface area contributed by atoms with Crippen molar-refractivity contribution >= 4 is 23.2 Å². The number of para-hydroxylation sites is 1. The van der Waals surface area contributed by atoms with E-state index in [0.717, 1.165) is 73.9 Å². The van der Waals surface area contributed by atoms with Crippen LogP contribution in [0.25, 0.3) is 11.6 Å². The van der Waals surface area contributed by atoms with E-state index >= 15 is 0 Å². The average Bonchev–Trinajstić information content (AvgIpc) is 3.77. The Balaban J connectivity index is 0.957. The largest absolute Gasteiger partial charge is 0.353 e. The first-order chi connectivity index (χ1) is 22.5. The van der Waals surface area contributed by atoms with Gasteiger partial charge in [-0.1, -0.05) is 54.6 Å². The number of amides is 1. The van der Waals surface area contributed by atoms with Crippen molar-refractivity contribution in [2.45, 2.75) is 56.5 Å². The van der Waals surface area contributed by atoms with Gasteiger partial charge in [-0.3, -0.25) is 9.78 Å². The summed E-state index contributed by atoms with van der Waals surface area (Å²) in [4.78, 5) is 22.5. The number of hydrogen-bond donors (Lipinski definition) is 0. The Labute approximate surface area is 269 Å². The molecule has 4 aliphatic rings. The summed E-state index contributed by atoms with van der Waals surface area (Å²) in [6, 6.07) is 23.2. The third kappa shape index (κ3) is 5.04. The second-order valence-corrected chi connectivity index (χ2v) is 13.2. The predicted octanol–water partition coefficient (Wildman–Crippen LogP) is 8.59. The lowest BCUT2D eigenvalue weighted by Crippen LogP contribution is -2.48. The summed E-state index contributed by atoms with van der Waals surface area (Å²) in [6.07, 6.45) is 15.2. The number of aryl methyl sites for hydroxylation is 1. The third-order valence-electron chi connectivity index (χ3n) is 10.6. The fourth-order valence-corrected chi connectivity index (χ4v) is 8.33. The lowest BCUT2D eigenvalue weighted by molar-refractivity contribution is 0.0677. The number of piperidine rings is 1. The normalized spacial score (nSPS) is 21.4. The smallest absolute Gasteiger partial charge is 0.254 e. The van der Waals surface area contributed by atoms with Crippen molar-refractivity contribution in [2.24, 2.45) is 5.92 Å². The molecule has 2 unspecified atom stereocenters. The van der Waals surface area contributed by atoms with Crippen LogP contribution >= 0.6 is 0 Å². The molecule has 3 heterocycles. The molecule has 0 radical (unpaired) electrons. The number of anilines is 1. The van der Waals surface area contributed by atoms with Crippen molar-refractivity contribution in [3.63, 3.8) is 0 Å².